The number of ether oxygens (including phenoxy) is 2. The van der Waals surface area contributed by atoms with Gasteiger partial charge in [0, 0.05) is 5.69 Å². The molecule has 0 saturated carbocycles. The molecule has 1 aromatic heterocycles. The van der Waals surface area contributed by atoms with E-state index in [0.717, 1.165) is 17.9 Å². The van der Waals surface area contributed by atoms with Crippen LogP contribution in [0.2, 0.25) is 0 Å². The van der Waals surface area contributed by atoms with E-state index in [2.05, 4.69) is 39.9 Å². The third-order valence-electron chi connectivity index (χ3n) is 4.25. The number of nitrogens with one attached hydrogen (secondary N) is 2. The van der Waals surface area contributed by atoms with E-state index in [-0.39, 0.29) is 11.6 Å². The predicted molar refractivity (Wildman–Crippen MR) is 112 cm³/mol. The van der Waals surface area contributed by atoms with E-state index in [4.69, 9.17) is 9.47 Å². The van der Waals surface area contributed by atoms with Crippen molar-refractivity contribution in [3.05, 3.63) is 71.9 Å². The molecular weight excluding hydrogens is 368 g/mol. The molecule has 0 spiro atoms. The van der Waals surface area contributed by atoms with Crippen LogP contribution in [-0.4, -0.2) is 36.4 Å². The first-order chi connectivity index (χ1) is 14.2. The van der Waals surface area contributed by atoms with E-state index in [0.29, 0.717) is 24.7 Å². The summed E-state index contributed by atoms with van der Waals surface area (Å²) in [4.78, 5) is 12.2. The highest BCUT2D eigenvalue weighted by molar-refractivity contribution is 5.92. The summed E-state index contributed by atoms with van der Waals surface area (Å²) in [7, 11) is 1.61. The summed E-state index contributed by atoms with van der Waals surface area (Å²) in [6, 6.07) is 18.7. The van der Waals surface area contributed by atoms with E-state index in [1.54, 1.807) is 19.2 Å². The number of rotatable bonds is 9. The van der Waals surface area contributed by atoms with E-state index in [1.165, 1.54) is 5.56 Å². The van der Waals surface area contributed by atoms with Crippen LogP contribution in [0, 0.1) is 0 Å². The van der Waals surface area contributed by atoms with Gasteiger partial charge in [-0.2, -0.15) is 0 Å². The Morgan fingerprint density at radius 3 is 2.28 bits per heavy atom. The molecule has 0 radical (unpaired) electrons. The molecule has 0 fully saturated rings. The van der Waals surface area contributed by atoms with Crippen LogP contribution in [0.3, 0.4) is 0 Å². The summed E-state index contributed by atoms with van der Waals surface area (Å²) in [5.74, 6) is 1.76. The first kappa shape index (κ1) is 20.1. The molecule has 0 unspecified atom stereocenters. The van der Waals surface area contributed by atoms with Crippen molar-refractivity contribution in [3.63, 3.8) is 0 Å². The molecule has 0 atom stereocenters. The van der Waals surface area contributed by atoms with Gasteiger partial charge in [-0.05, 0) is 60.5 Å². The highest BCUT2D eigenvalue weighted by Crippen LogP contribution is 2.17. The number of hydrogen-bond acceptors (Lipinski definition) is 6. The molecule has 29 heavy (non-hydrogen) atoms. The minimum Gasteiger partial charge on any atom is -0.497 e. The number of aryl methyl sites for hydroxylation is 1. The van der Waals surface area contributed by atoms with Crippen molar-refractivity contribution in [1.29, 1.82) is 0 Å². The number of hydrogen-bond donors (Lipinski definition) is 2. The van der Waals surface area contributed by atoms with E-state index >= 15 is 0 Å². The number of benzene rings is 2. The van der Waals surface area contributed by atoms with E-state index < -0.39 is 0 Å². The number of aromatic nitrogens is 2. The molecule has 0 aliphatic heterocycles. The molecule has 0 aliphatic carbocycles. The summed E-state index contributed by atoms with van der Waals surface area (Å²) in [6.45, 7) is 2.82. The molecule has 3 rings (SSSR count). The van der Waals surface area contributed by atoms with Crippen molar-refractivity contribution in [2.24, 2.45) is 0 Å². The van der Waals surface area contributed by atoms with Crippen LogP contribution < -0.4 is 20.1 Å². The average molecular weight is 392 g/mol. The fourth-order valence-corrected chi connectivity index (χ4v) is 2.59. The maximum atomic E-state index is 12.2. The molecule has 0 aliphatic rings. The van der Waals surface area contributed by atoms with Gasteiger partial charge in [0.2, 0.25) is 0 Å². The number of methoxy groups -OCH3 is 1. The van der Waals surface area contributed by atoms with Crippen LogP contribution in [-0.2, 0) is 6.42 Å². The second-order valence-corrected chi connectivity index (χ2v) is 6.26. The Morgan fingerprint density at radius 2 is 1.66 bits per heavy atom. The van der Waals surface area contributed by atoms with Crippen LogP contribution in [0.4, 0.5) is 11.5 Å². The Balaban J connectivity index is 1.44. The molecule has 7 nitrogen and oxygen atoms in total. The Labute approximate surface area is 170 Å². The van der Waals surface area contributed by atoms with Crippen LogP contribution in [0.15, 0.2) is 60.7 Å². The maximum absolute atomic E-state index is 12.2. The fraction of sp³-hybridized carbons (Fsp3) is 0.227. The monoisotopic (exact) mass is 392 g/mol. The Hall–Kier alpha value is -3.61. The minimum absolute atomic E-state index is 0.251. The standard InChI is InChI=1S/C22H24N4O3/c1-3-16-4-6-17(7-5-16)24-21-13-12-20(25-26-21)22(27)23-14-15-29-19-10-8-18(28-2)9-11-19/h4-13H,3,14-15H2,1-2H3,(H,23,27)(H,24,26). The fourth-order valence-electron chi connectivity index (χ4n) is 2.59. The SMILES string of the molecule is CCc1ccc(Nc2ccc(C(=O)NCCOc3ccc(OC)cc3)nn2)cc1. The van der Waals surface area contributed by atoms with Gasteiger partial charge < -0.3 is 20.1 Å². The number of carbonyl (C=O) groups is 1. The summed E-state index contributed by atoms with van der Waals surface area (Å²) >= 11 is 0. The first-order valence-corrected chi connectivity index (χ1v) is 9.42. The van der Waals surface area contributed by atoms with Gasteiger partial charge in [0.05, 0.1) is 13.7 Å². The number of nitrogens with zero attached hydrogens (tertiary/aromatic N) is 2. The third-order valence-corrected chi connectivity index (χ3v) is 4.25. The van der Waals surface area contributed by atoms with Crippen LogP contribution in [0.1, 0.15) is 23.0 Å². The second kappa shape index (κ2) is 10.1. The zero-order chi connectivity index (χ0) is 20.5. The molecular formula is C22H24N4O3. The highest BCUT2D eigenvalue weighted by atomic mass is 16.5. The Bertz CT molecular complexity index is 910. The Kier molecular flexibility index (Phi) is 7.00. The van der Waals surface area contributed by atoms with Crippen molar-refractivity contribution >= 4 is 17.4 Å². The molecule has 7 heteroatoms. The average Bonchev–Trinajstić information content (AvgIpc) is 2.78. The predicted octanol–water partition coefficient (Wildman–Crippen LogP) is 3.60. The lowest BCUT2D eigenvalue weighted by Crippen LogP contribution is -2.29. The van der Waals surface area contributed by atoms with Crippen molar-refractivity contribution in [3.8, 4) is 11.5 Å². The lowest BCUT2D eigenvalue weighted by atomic mass is 10.1. The van der Waals surface area contributed by atoms with Gasteiger partial charge in [-0.15, -0.1) is 10.2 Å². The summed E-state index contributed by atoms with van der Waals surface area (Å²) in [5.41, 5.74) is 2.44. The van der Waals surface area contributed by atoms with Gasteiger partial charge in [-0.1, -0.05) is 19.1 Å². The van der Waals surface area contributed by atoms with Crippen molar-refractivity contribution in [2.45, 2.75) is 13.3 Å². The molecule has 1 heterocycles. The molecule has 1 amide bonds. The summed E-state index contributed by atoms with van der Waals surface area (Å²) < 4.78 is 10.7. The van der Waals surface area contributed by atoms with Crippen LogP contribution in [0.25, 0.3) is 0 Å². The summed E-state index contributed by atoms with van der Waals surface area (Å²) in [5, 5.41) is 14.0. The molecule has 150 valence electrons. The van der Waals surface area contributed by atoms with Gasteiger partial charge in [0.15, 0.2) is 11.5 Å². The van der Waals surface area contributed by atoms with Gasteiger partial charge in [-0.25, -0.2) is 0 Å². The van der Waals surface area contributed by atoms with Gasteiger partial charge in [0.1, 0.15) is 18.1 Å². The van der Waals surface area contributed by atoms with Crippen molar-refractivity contribution in [1.82, 2.24) is 15.5 Å². The quantitative estimate of drug-likeness (QED) is 0.541. The summed E-state index contributed by atoms with van der Waals surface area (Å²) in [6.07, 6.45) is 0.995. The topological polar surface area (TPSA) is 85.4 Å². The lowest BCUT2D eigenvalue weighted by Gasteiger charge is -2.09. The van der Waals surface area contributed by atoms with Crippen LogP contribution >= 0.6 is 0 Å². The minimum atomic E-state index is -0.297. The third kappa shape index (κ3) is 5.93. The first-order valence-electron chi connectivity index (χ1n) is 9.42. The number of amides is 1. The second-order valence-electron chi connectivity index (χ2n) is 6.26. The molecule has 0 saturated heterocycles. The lowest BCUT2D eigenvalue weighted by molar-refractivity contribution is 0.0941. The smallest absolute Gasteiger partial charge is 0.271 e. The number of carbonyl (C=O) groups excluding carboxylic acids is 1. The van der Waals surface area contributed by atoms with Gasteiger partial charge >= 0.3 is 0 Å². The Morgan fingerprint density at radius 1 is 0.931 bits per heavy atom. The van der Waals surface area contributed by atoms with Crippen molar-refractivity contribution in [2.75, 3.05) is 25.6 Å². The zero-order valence-electron chi connectivity index (χ0n) is 16.5. The van der Waals surface area contributed by atoms with Gasteiger partial charge in [0.25, 0.3) is 5.91 Å². The van der Waals surface area contributed by atoms with Gasteiger partial charge in [-0.3, -0.25) is 4.79 Å². The van der Waals surface area contributed by atoms with Crippen LogP contribution in [0.5, 0.6) is 11.5 Å². The molecule has 2 N–H and O–H groups in total. The molecule has 3 aromatic rings. The number of anilines is 2. The zero-order valence-corrected chi connectivity index (χ0v) is 16.5. The van der Waals surface area contributed by atoms with Crippen molar-refractivity contribution < 1.29 is 14.3 Å². The van der Waals surface area contributed by atoms with E-state index in [9.17, 15) is 4.79 Å². The largest absolute Gasteiger partial charge is 0.497 e. The normalized spacial score (nSPS) is 10.3. The highest BCUT2D eigenvalue weighted by Gasteiger charge is 2.08. The molecule has 2 aromatic carbocycles. The maximum Gasteiger partial charge on any atom is 0.271 e. The van der Waals surface area contributed by atoms with E-state index in [1.807, 2.05) is 36.4 Å². The molecule has 0 bridgehead atoms.